The summed E-state index contributed by atoms with van der Waals surface area (Å²) in [7, 11) is 1.58. The van der Waals surface area contributed by atoms with Crippen LogP contribution >= 0.6 is 0 Å². The molecular weight excluding hydrogens is 236 g/mol. The van der Waals surface area contributed by atoms with Gasteiger partial charge in [-0.1, -0.05) is 6.08 Å². The molecule has 2 bridgehead atoms. The van der Waals surface area contributed by atoms with E-state index in [4.69, 9.17) is 4.74 Å². The fourth-order valence-corrected chi connectivity index (χ4v) is 2.66. The van der Waals surface area contributed by atoms with Crippen LogP contribution in [-0.2, 0) is 22.2 Å². The molecule has 2 aliphatic rings. The van der Waals surface area contributed by atoms with Gasteiger partial charge >= 0.3 is 0 Å². The number of nitrogens with zero attached hydrogens (tertiary/aromatic N) is 1. The fourth-order valence-electron chi connectivity index (χ4n) is 2.66. The normalized spacial score (nSPS) is 27.6. The third-order valence-corrected chi connectivity index (χ3v) is 3.55. The number of carbonyl (C=O) groups excluding carboxylic acids is 1. The van der Waals surface area contributed by atoms with E-state index >= 15 is 0 Å². The molecule has 1 amide bonds. The molecule has 6 nitrogen and oxygen atoms in total. The maximum absolute atomic E-state index is 11.0. The van der Waals surface area contributed by atoms with Crippen LogP contribution in [0.15, 0.2) is 12.2 Å². The molecule has 1 aromatic heterocycles. The van der Waals surface area contributed by atoms with Crippen LogP contribution in [0.1, 0.15) is 24.2 Å². The van der Waals surface area contributed by atoms with Crippen molar-refractivity contribution in [2.45, 2.75) is 18.6 Å². The quantitative estimate of drug-likeness (QED) is 0.664. The number of aromatic hydroxyl groups is 2. The van der Waals surface area contributed by atoms with Crippen LogP contribution in [-0.4, -0.2) is 27.2 Å². The van der Waals surface area contributed by atoms with Crippen molar-refractivity contribution in [2.75, 3.05) is 6.54 Å². The molecule has 3 N–H and O–H groups in total. The summed E-state index contributed by atoms with van der Waals surface area (Å²) in [6.07, 6.45) is 3.28. The van der Waals surface area contributed by atoms with Crippen LogP contribution in [0.5, 0.6) is 11.8 Å². The van der Waals surface area contributed by atoms with E-state index in [9.17, 15) is 15.0 Å². The molecule has 2 atom stereocenters. The third-order valence-electron chi connectivity index (χ3n) is 3.55. The maximum Gasteiger partial charge on any atom is 0.216 e. The van der Waals surface area contributed by atoms with Crippen LogP contribution in [0, 0.1) is 0 Å². The second-order valence-corrected chi connectivity index (χ2v) is 4.69. The fraction of sp³-hybridized carbons (Fsp3) is 0.417. The minimum absolute atomic E-state index is 0.00144. The number of aromatic nitrogens is 1. The molecule has 1 aromatic rings. The minimum Gasteiger partial charge on any atom is -0.494 e. The van der Waals surface area contributed by atoms with Gasteiger partial charge in [0.1, 0.15) is 11.7 Å². The van der Waals surface area contributed by atoms with Gasteiger partial charge in [0.2, 0.25) is 11.8 Å². The van der Waals surface area contributed by atoms with Crippen molar-refractivity contribution < 1.29 is 19.7 Å². The summed E-state index contributed by atoms with van der Waals surface area (Å²) in [5.74, 6) is -0.195. The molecule has 18 heavy (non-hydrogen) atoms. The Morgan fingerprint density at radius 1 is 1.56 bits per heavy atom. The SMILES string of the molecule is CC(=O)NCC12C=CC(O1)c1c2c(O)n(C)c1O. The van der Waals surface area contributed by atoms with Gasteiger partial charge < -0.3 is 20.3 Å². The lowest BCUT2D eigenvalue weighted by Crippen LogP contribution is -2.37. The second-order valence-electron chi connectivity index (χ2n) is 4.69. The average Bonchev–Trinajstić information content (AvgIpc) is 2.95. The lowest BCUT2D eigenvalue weighted by Gasteiger charge is -2.23. The molecule has 0 saturated carbocycles. The molecule has 0 aliphatic carbocycles. The van der Waals surface area contributed by atoms with Gasteiger partial charge in [0, 0.05) is 14.0 Å². The zero-order chi connectivity index (χ0) is 13.1. The van der Waals surface area contributed by atoms with Crippen molar-refractivity contribution in [3.05, 3.63) is 23.3 Å². The highest BCUT2D eigenvalue weighted by molar-refractivity contribution is 5.73. The van der Waals surface area contributed by atoms with Crippen LogP contribution < -0.4 is 5.32 Å². The van der Waals surface area contributed by atoms with E-state index in [0.717, 1.165) is 0 Å². The number of rotatable bonds is 2. The molecule has 0 spiro atoms. The van der Waals surface area contributed by atoms with Crippen molar-refractivity contribution in [1.82, 2.24) is 9.88 Å². The van der Waals surface area contributed by atoms with E-state index < -0.39 is 5.60 Å². The molecule has 3 rings (SSSR count). The summed E-state index contributed by atoms with van der Waals surface area (Å²) in [6, 6.07) is 0. The lowest BCUT2D eigenvalue weighted by atomic mass is 9.89. The monoisotopic (exact) mass is 250 g/mol. The van der Waals surface area contributed by atoms with E-state index in [2.05, 4.69) is 5.32 Å². The maximum atomic E-state index is 11.0. The number of amides is 1. The Hall–Kier alpha value is -1.95. The van der Waals surface area contributed by atoms with Gasteiger partial charge in [-0.25, -0.2) is 0 Å². The molecule has 96 valence electrons. The molecule has 0 radical (unpaired) electrons. The molecule has 6 heteroatoms. The Balaban J connectivity index is 2.08. The van der Waals surface area contributed by atoms with Gasteiger partial charge in [-0.05, 0) is 6.08 Å². The third kappa shape index (κ3) is 1.18. The van der Waals surface area contributed by atoms with Crippen LogP contribution in [0.4, 0.5) is 0 Å². The summed E-state index contributed by atoms with van der Waals surface area (Å²) in [5, 5.41) is 22.7. The van der Waals surface area contributed by atoms with Gasteiger partial charge in [0.25, 0.3) is 0 Å². The summed E-state index contributed by atoms with van der Waals surface area (Å²) in [6.45, 7) is 1.66. The van der Waals surface area contributed by atoms with Crippen LogP contribution in [0.2, 0.25) is 0 Å². The van der Waals surface area contributed by atoms with E-state index in [1.807, 2.05) is 12.2 Å². The van der Waals surface area contributed by atoms with E-state index in [0.29, 0.717) is 11.1 Å². The van der Waals surface area contributed by atoms with Crippen molar-refractivity contribution in [2.24, 2.45) is 7.05 Å². The van der Waals surface area contributed by atoms with Crippen molar-refractivity contribution in [3.8, 4) is 11.8 Å². The molecule has 0 aromatic carbocycles. The van der Waals surface area contributed by atoms with Crippen LogP contribution in [0.3, 0.4) is 0 Å². The zero-order valence-corrected chi connectivity index (χ0v) is 10.1. The minimum atomic E-state index is -0.867. The first kappa shape index (κ1) is 11.2. The first-order valence-electron chi connectivity index (χ1n) is 5.69. The standard InChI is InChI=1S/C12H14N2O4/c1-6(15)13-5-12-4-3-7(18-12)8-9(12)11(17)14(2)10(8)16/h3-4,7,16-17H,5H2,1-2H3,(H,13,15). The van der Waals surface area contributed by atoms with Crippen molar-refractivity contribution >= 4 is 5.91 Å². The Morgan fingerprint density at radius 3 is 2.94 bits per heavy atom. The van der Waals surface area contributed by atoms with Crippen molar-refractivity contribution in [1.29, 1.82) is 0 Å². The van der Waals surface area contributed by atoms with Gasteiger partial charge in [0.05, 0.1) is 17.7 Å². The summed E-state index contributed by atoms with van der Waals surface area (Å²) < 4.78 is 7.09. The number of hydrogen-bond donors (Lipinski definition) is 3. The number of carbonyl (C=O) groups is 1. The van der Waals surface area contributed by atoms with Gasteiger partial charge in [-0.3, -0.25) is 9.36 Å². The first-order chi connectivity index (χ1) is 8.46. The summed E-state index contributed by atoms with van der Waals surface area (Å²) in [5.41, 5.74) is 0.265. The predicted molar refractivity (Wildman–Crippen MR) is 62.1 cm³/mol. The number of nitrogens with one attached hydrogen (secondary N) is 1. The van der Waals surface area contributed by atoms with E-state index in [1.54, 1.807) is 7.05 Å². The molecule has 0 saturated heterocycles. The lowest BCUT2D eigenvalue weighted by molar-refractivity contribution is -0.120. The molecule has 2 unspecified atom stereocenters. The van der Waals surface area contributed by atoms with Gasteiger partial charge in [0.15, 0.2) is 5.88 Å². The highest BCUT2D eigenvalue weighted by Gasteiger charge is 2.52. The van der Waals surface area contributed by atoms with Gasteiger partial charge in [-0.2, -0.15) is 0 Å². The highest BCUT2D eigenvalue weighted by Crippen LogP contribution is 2.57. The van der Waals surface area contributed by atoms with E-state index in [1.165, 1.54) is 11.5 Å². The van der Waals surface area contributed by atoms with Gasteiger partial charge in [-0.15, -0.1) is 0 Å². The number of hydrogen-bond acceptors (Lipinski definition) is 4. The Kier molecular flexibility index (Phi) is 2.04. The average molecular weight is 250 g/mol. The molecule has 3 heterocycles. The first-order valence-corrected chi connectivity index (χ1v) is 5.69. The summed E-state index contributed by atoms with van der Waals surface area (Å²) in [4.78, 5) is 11.0. The predicted octanol–water partition coefficient (Wildman–Crippen LogP) is 0.409. The topological polar surface area (TPSA) is 83.7 Å². The van der Waals surface area contributed by atoms with E-state index in [-0.39, 0.29) is 30.3 Å². The largest absolute Gasteiger partial charge is 0.494 e. The Labute approximate surface area is 103 Å². The summed E-state index contributed by atoms with van der Waals surface area (Å²) >= 11 is 0. The molecular formula is C12H14N2O4. The Bertz CT molecular complexity index is 575. The second kappa shape index (κ2) is 3.29. The van der Waals surface area contributed by atoms with Crippen molar-refractivity contribution in [3.63, 3.8) is 0 Å². The molecule has 2 aliphatic heterocycles. The number of ether oxygens (including phenoxy) is 1. The van der Waals surface area contributed by atoms with Crippen LogP contribution in [0.25, 0.3) is 0 Å². The molecule has 0 fully saturated rings. The Morgan fingerprint density at radius 2 is 2.28 bits per heavy atom. The highest BCUT2D eigenvalue weighted by atomic mass is 16.5. The zero-order valence-electron chi connectivity index (χ0n) is 10.1. The number of fused-ring (bicyclic) bond motifs is 5. The smallest absolute Gasteiger partial charge is 0.216 e.